The zero-order chi connectivity index (χ0) is 16.9. The van der Waals surface area contributed by atoms with E-state index in [1.54, 1.807) is 0 Å². The van der Waals surface area contributed by atoms with Gasteiger partial charge in [-0.1, -0.05) is 12.2 Å². The molecule has 2 aliphatic rings. The van der Waals surface area contributed by atoms with E-state index in [-0.39, 0.29) is 12.5 Å². The lowest BCUT2D eigenvalue weighted by molar-refractivity contribution is -0.132. The lowest BCUT2D eigenvalue weighted by Crippen LogP contribution is -2.46. The molecule has 5 nitrogen and oxygen atoms in total. The van der Waals surface area contributed by atoms with Crippen molar-refractivity contribution in [1.29, 1.82) is 0 Å². The van der Waals surface area contributed by atoms with Crippen molar-refractivity contribution >= 4 is 23.1 Å². The van der Waals surface area contributed by atoms with E-state index in [0.29, 0.717) is 5.75 Å². The van der Waals surface area contributed by atoms with Gasteiger partial charge in [0, 0.05) is 44.8 Å². The Morgan fingerprint density at radius 3 is 2.25 bits per heavy atom. The first kappa shape index (κ1) is 17.2. The maximum Gasteiger partial charge on any atom is 0.260 e. The highest BCUT2D eigenvalue weighted by atomic mass is 32.1. The zero-order valence-electron chi connectivity index (χ0n) is 14.2. The molecule has 24 heavy (non-hydrogen) atoms. The van der Waals surface area contributed by atoms with Crippen LogP contribution in [-0.2, 0) is 4.79 Å². The molecule has 1 aromatic rings. The molecule has 2 saturated heterocycles. The molecule has 2 aliphatic heterocycles. The fourth-order valence-electron chi connectivity index (χ4n) is 3.09. The number of ether oxygens (including phenoxy) is 1. The maximum atomic E-state index is 12.0. The van der Waals surface area contributed by atoms with Crippen LogP contribution in [0.1, 0.15) is 18.4 Å². The molecule has 0 unspecified atom stereocenters. The fourth-order valence-corrected chi connectivity index (χ4v) is 3.41. The van der Waals surface area contributed by atoms with Gasteiger partial charge >= 0.3 is 0 Å². The van der Waals surface area contributed by atoms with E-state index in [9.17, 15) is 4.79 Å². The van der Waals surface area contributed by atoms with Crippen LogP contribution in [0.4, 0.5) is 0 Å². The molecule has 0 saturated carbocycles. The van der Waals surface area contributed by atoms with Crippen molar-refractivity contribution in [3.8, 4) is 5.75 Å². The predicted octanol–water partition coefficient (Wildman–Crippen LogP) is 1.61. The second kappa shape index (κ2) is 7.94. The third-order valence-corrected chi connectivity index (χ3v) is 5.21. The van der Waals surface area contributed by atoms with Gasteiger partial charge in [0.05, 0.1) is 0 Å². The number of amides is 1. The van der Waals surface area contributed by atoms with Crippen LogP contribution in [0.5, 0.6) is 5.75 Å². The molecule has 2 heterocycles. The molecule has 0 N–H and O–H groups in total. The molecular weight excluding hydrogens is 322 g/mol. The van der Waals surface area contributed by atoms with Crippen LogP contribution in [0.3, 0.4) is 0 Å². The number of piperazine rings is 1. The van der Waals surface area contributed by atoms with Crippen molar-refractivity contribution < 1.29 is 9.53 Å². The molecule has 3 rings (SSSR count). The van der Waals surface area contributed by atoms with Crippen LogP contribution >= 0.6 is 12.2 Å². The number of thiocarbonyl (C=S) groups is 1. The number of rotatable bonds is 4. The Hall–Kier alpha value is -1.66. The summed E-state index contributed by atoms with van der Waals surface area (Å²) >= 11 is 5.61. The van der Waals surface area contributed by atoms with E-state index in [0.717, 1.165) is 62.7 Å². The average Bonchev–Trinajstić information content (AvgIpc) is 3.15. The van der Waals surface area contributed by atoms with Crippen LogP contribution in [0.2, 0.25) is 0 Å². The third-order valence-electron chi connectivity index (χ3n) is 4.71. The van der Waals surface area contributed by atoms with Gasteiger partial charge in [-0.2, -0.15) is 0 Å². The Kier molecular flexibility index (Phi) is 5.68. The van der Waals surface area contributed by atoms with Gasteiger partial charge in [0.2, 0.25) is 0 Å². The monoisotopic (exact) mass is 347 g/mol. The summed E-state index contributed by atoms with van der Waals surface area (Å²) in [6, 6.07) is 7.76. The Labute approximate surface area is 149 Å². The molecule has 6 heteroatoms. The SMILES string of the molecule is CN1CCN(C(=S)c2ccc(OCC(=O)N3CCCC3)cc2)CC1. The molecule has 2 fully saturated rings. The van der Waals surface area contributed by atoms with Crippen LogP contribution in [0, 0.1) is 0 Å². The topological polar surface area (TPSA) is 36.0 Å². The van der Waals surface area contributed by atoms with Crippen LogP contribution < -0.4 is 4.74 Å². The zero-order valence-corrected chi connectivity index (χ0v) is 15.1. The molecule has 0 spiro atoms. The molecule has 0 radical (unpaired) electrons. The van der Waals surface area contributed by atoms with Crippen molar-refractivity contribution in [3.05, 3.63) is 29.8 Å². The van der Waals surface area contributed by atoms with Crippen molar-refractivity contribution in [2.75, 3.05) is 52.9 Å². The molecule has 0 aliphatic carbocycles. The van der Waals surface area contributed by atoms with Crippen molar-refractivity contribution in [3.63, 3.8) is 0 Å². The quantitative estimate of drug-likeness (QED) is 0.774. The van der Waals surface area contributed by atoms with E-state index < -0.39 is 0 Å². The fraction of sp³-hybridized carbons (Fsp3) is 0.556. The van der Waals surface area contributed by atoms with E-state index in [1.807, 2.05) is 29.2 Å². The van der Waals surface area contributed by atoms with Gasteiger partial charge in [0.25, 0.3) is 5.91 Å². The summed E-state index contributed by atoms with van der Waals surface area (Å²) in [5.41, 5.74) is 1.03. The minimum absolute atomic E-state index is 0.0736. The highest BCUT2D eigenvalue weighted by Gasteiger charge is 2.19. The standard InChI is InChI=1S/C18H25N3O2S/c1-19-10-12-21(13-11-19)18(24)15-4-6-16(7-5-15)23-14-17(22)20-8-2-3-9-20/h4-7H,2-3,8-14H2,1H3. The number of hydrogen-bond acceptors (Lipinski definition) is 4. The summed E-state index contributed by atoms with van der Waals surface area (Å²) in [6.07, 6.45) is 2.20. The number of likely N-dealkylation sites (tertiary alicyclic amines) is 1. The summed E-state index contributed by atoms with van der Waals surface area (Å²) in [4.78, 5) is 19.3. The third kappa shape index (κ3) is 4.24. The van der Waals surface area contributed by atoms with Gasteiger partial charge in [-0.25, -0.2) is 0 Å². The first-order valence-electron chi connectivity index (χ1n) is 8.62. The lowest BCUT2D eigenvalue weighted by Gasteiger charge is -2.34. The number of carbonyl (C=O) groups excluding carboxylic acids is 1. The Morgan fingerprint density at radius 2 is 1.62 bits per heavy atom. The van der Waals surface area contributed by atoms with Crippen molar-refractivity contribution in [1.82, 2.24) is 14.7 Å². The number of benzene rings is 1. The first-order chi connectivity index (χ1) is 11.6. The molecule has 1 aromatic carbocycles. The second-order valence-electron chi connectivity index (χ2n) is 6.50. The predicted molar refractivity (Wildman–Crippen MR) is 98.5 cm³/mol. The van der Waals surface area contributed by atoms with Gasteiger partial charge in [-0.05, 0) is 44.2 Å². The molecule has 1 amide bonds. The number of hydrogen-bond donors (Lipinski definition) is 0. The van der Waals surface area contributed by atoms with E-state index in [1.165, 1.54) is 0 Å². The van der Waals surface area contributed by atoms with Crippen molar-refractivity contribution in [2.45, 2.75) is 12.8 Å². The van der Waals surface area contributed by atoms with E-state index in [2.05, 4.69) is 16.8 Å². The summed E-state index contributed by atoms with van der Waals surface area (Å²) in [6.45, 7) is 5.86. The second-order valence-corrected chi connectivity index (χ2v) is 6.88. The average molecular weight is 347 g/mol. The Balaban J connectivity index is 1.51. The smallest absolute Gasteiger partial charge is 0.260 e. The molecule has 0 bridgehead atoms. The highest BCUT2D eigenvalue weighted by molar-refractivity contribution is 7.80. The van der Waals surface area contributed by atoms with Gasteiger partial charge < -0.3 is 19.4 Å². The normalized spacial score (nSPS) is 18.7. The minimum Gasteiger partial charge on any atom is -0.484 e. The molecule has 0 atom stereocenters. The number of likely N-dealkylation sites (N-methyl/N-ethyl adjacent to an activating group) is 1. The van der Waals surface area contributed by atoms with Gasteiger partial charge in [0.15, 0.2) is 6.61 Å². The molecular formula is C18H25N3O2S. The van der Waals surface area contributed by atoms with E-state index in [4.69, 9.17) is 17.0 Å². The maximum absolute atomic E-state index is 12.0. The largest absolute Gasteiger partial charge is 0.484 e. The highest BCUT2D eigenvalue weighted by Crippen LogP contribution is 2.16. The molecule has 130 valence electrons. The van der Waals surface area contributed by atoms with Gasteiger partial charge in [0.1, 0.15) is 10.7 Å². The summed E-state index contributed by atoms with van der Waals surface area (Å²) in [5.74, 6) is 0.789. The summed E-state index contributed by atoms with van der Waals surface area (Å²) in [5, 5.41) is 0. The first-order valence-corrected chi connectivity index (χ1v) is 9.03. The Bertz CT molecular complexity index is 576. The van der Waals surface area contributed by atoms with Gasteiger partial charge in [-0.3, -0.25) is 4.79 Å². The van der Waals surface area contributed by atoms with Crippen LogP contribution in [0.15, 0.2) is 24.3 Å². The van der Waals surface area contributed by atoms with E-state index >= 15 is 0 Å². The number of carbonyl (C=O) groups is 1. The van der Waals surface area contributed by atoms with Crippen LogP contribution in [-0.4, -0.2) is 78.5 Å². The van der Waals surface area contributed by atoms with Gasteiger partial charge in [-0.15, -0.1) is 0 Å². The van der Waals surface area contributed by atoms with Crippen LogP contribution in [0.25, 0.3) is 0 Å². The molecule has 0 aromatic heterocycles. The lowest BCUT2D eigenvalue weighted by atomic mass is 10.2. The minimum atomic E-state index is 0.0736. The summed E-state index contributed by atoms with van der Waals surface area (Å²) in [7, 11) is 2.13. The number of nitrogens with zero attached hydrogens (tertiary/aromatic N) is 3. The Morgan fingerprint density at radius 1 is 1.00 bits per heavy atom. The summed E-state index contributed by atoms with van der Waals surface area (Å²) < 4.78 is 5.62. The van der Waals surface area contributed by atoms with Crippen molar-refractivity contribution in [2.24, 2.45) is 0 Å².